The first kappa shape index (κ1) is 14.6. The quantitative estimate of drug-likeness (QED) is 0.717. The van der Waals surface area contributed by atoms with E-state index in [0.29, 0.717) is 11.9 Å². The second-order valence-electron chi connectivity index (χ2n) is 5.37. The molecule has 1 aromatic rings. The normalized spacial score (nSPS) is 16.4. The fraction of sp³-hybridized carbons (Fsp3) is 0.667. The van der Waals surface area contributed by atoms with Crippen LogP contribution in [0.5, 0.6) is 0 Å². The molecule has 1 atom stereocenters. The molecule has 19 heavy (non-hydrogen) atoms. The van der Waals surface area contributed by atoms with Crippen molar-refractivity contribution in [3.8, 4) is 0 Å². The zero-order valence-electron chi connectivity index (χ0n) is 12.0. The van der Waals surface area contributed by atoms with Crippen LogP contribution in [0.1, 0.15) is 31.0 Å². The molecule has 106 valence electrons. The average Bonchev–Trinajstić information content (AvgIpc) is 3.22. The van der Waals surface area contributed by atoms with Crippen LogP contribution >= 0.6 is 11.6 Å². The summed E-state index contributed by atoms with van der Waals surface area (Å²) in [4.78, 5) is 7.04. The summed E-state index contributed by atoms with van der Waals surface area (Å²) in [5, 5.41) is 0. The lowest BCUT2D eigenvalue weighted by atomic mass is 10.1. The SMILES string of the molecule is COCCN(c1cc(CCl)cc(C)n1)C(C)C1CC1. The topological polar surface area (TPSA) is 25.4 Å². The highest BCUT2D eigenvalue weighted by molar-refractivity contribution is 6.17. The highest BCUT2D eigenvalue weighted by Gasteiger charge is 2.32. The molecule has 1 saturated carbocycles. The molecule has 0 bridgehead atoms. The summed E-state index contributed by atoms with van der Waals surface area (Å²) in [6, 6.07) is 4.68. The van der Waals surface area contributed by atoms with Crippen molar-refractivity contribution >= 4 is 17.4 Å². The van der Waals surface area contributed by atoms with Gasteiger partial charge < -0.3 is 9.64 Å². The van der Waals surface area contributed by atoms with E-state index in [0.717, 1.165) is 36.1 Å². The zero-order chi connectivity index (χ0) is 13.8. The minimum Gasteiger partial charge on any atom is -0.383 e. The fourth-order valence-electron chi connectivity index (χ4n) is 2.49. The summed E-state index contributed by atoms with van der Waals surface area (Å²) < 4.78 is 5.24. The van der Waals surface area contributed by atoms with Gasteiger partial charge in [-0.3, -0.25) is 0 Å². The van der Waals surface area contributed by atoms with Gasteiger partial charge in [0.05, 0.1) is 6.61 Å². The molecule has 1 aliphatic rings. The van der Waals surface area contributed by atoms with Gasteiger partial charge in [-0.05, 0) is 50.3 Å². The molecule has 0 amide bonds. The van der Waals surface area contributed by atoms with E-state index >= 15 is 0 Å². The smallest absolute Gasteiger partial charge is 0.129 e. The van der Waals surface area contributed by atoms with Gasteiger partial charge in [0.1, 0.15) is 5.82 Å². The minimum absolute atomic E-state index is 0.521. The van der Waals surface area contributed by atoms with Gasteiger partial charge in [-0.1, -0.05) is 0 Å². The highest BCUT2D eigenvalue weighted by atomic mass is 35.5. The van der Waals surface area contributed by atoms with Crippen molar-refractivity contribution in [2.45, 2.75) is 38.6 Å². The van der Waals surface area contributed by atoms with E-state index in [1.807, 2.05) is 13.0 Å². The van der Waals surface area contributed by atoms with E-state index in [-0.39, 0.29) is 0 Å². The van der Waals surface area contributed by atoms with Gasteiger partial charge >= 0.3 is 0 Å². The Balaban J connectivity index is 2.22. The second-order valence-corrected chi connectivity index (χ2v) is 5.64. The standard InChI is InChI=1S/C15H23ClN2O/c1-11-8-13(10-16)9-15(17-11)18(6-7-19-3)12(2)14-4-5-14/h8-9,12,14H,4-7,10H2,1-3H3. The summed E-state index contributed by atoms with van der Waals surface area (Å²) in [7, 11) is 1.74. The number of alkyl halides is 1. The second kappa shape index (κ2) is 6.58. The van der Waals surface area contributed by atoms with E-state index < -0.39 is 0 Å². The molecular formula is C15H23ClN2O. The maximum atomic E-state index is 5.96. The predicted molar refractivity (Wildman–Crippen MR) is 79.9 cm³/mol. The van der Waals surface area contributed by atoms with Crippen LogP contribution in [-0.2, 0) is 10.6 Å². The Labute approximate surface area is 120 Å². The van der Waals surface area contributed by atoms with E-state index in [2.05, 4.69) is 22.9 Å². The molecule has 0 radical (unpaired) electrons. The third-order valence-electron chi connectivity index (χ3n) is 3.78. The Kier molecular flexibility index (Phi) is 5.06. The van der Waals surface area contributed by atoms with Crippen LogP contribution in [-0.4, -0.2) is 31.3 Å². The molecule has 0 N–H and O–H groups in total. The van der Waals surface area contributed by atoms with E-state index in [1.165, 1.54) is 12.8 Å². The van der Waals surface area contributed by atoms with Crippen LogP contribution in [0.2, 0.25) is 0 Å². The van der Waals surface area contributed by atoms with Gasteiger partial charge in [-0.15, -0.1) is 11.6 Å². The van der Waals surface area contributed by atoms with Gasteiger partial charge in [0.2, 0.25) is 0 Å². The van der Waals surface area contributed by atoms with Gasteiger partial charge in [0, 0.05) is 31.3 Å². The number of halogens is 1. The molecule has 0 aromatic carbocycles. The highest BCUT2D eigenvalue weighted by Crippen LogP contribution is 2.36. The summed E-state index contributed by atoms with van der Waals surface area (Å²) >= 11 is 5.96. The Morgan fingerprint density at radius 3 is 2.79 bits per heavy atom. The van der Waals surface area contributed by atoms with E-state index in [9.17, 15) is 0 Å². The number of pyridine rings is 1. The lowest BCUT2D eigenvalue weighted by molar-refractivity contribution is 0.202. The summed E-state index contributed by atoms with van der Waals surface area (Å²) in [6.07, 6.45) is 2.66. The van der Waals surface area contributed by atoms with Crippen molar-refractivity contribution in [2.24, 2.45) is 5.92 Å². The predicted octanol–water partition coefficient (Wildman–Crippen LogP) is 3.38. The third kappa shape index (κ3) is 3.83. The minimum atomic E-state index is 0.521. The Morgan fingerprint density at radius 1 is 1.47 bits per heavy atom. The fourth-order valence-corrected chi connectivity index (χ4v) is 2.65. The zero-order valence-corrected chi connectivity index (χ0v) is 12.8. The Bertz CT molecular complexity index is 421. The number of methoxy groups -OCH3 is 1. The molecule has 2 rings (SSSR count). The van der Waals surface area contributed by atoms with Crippen molar-refractivity contribution in [3.05, 3.63) is 23.4 Å². The molecule has 1 unspecified atom stereocenters. The Morgan fingerprint density at radius 2 is 2.21 bits per heavy atom. The average molecular weight is 283 g/mol. The van der Waals surface area contributed by atoms with Gasteiger partial charge in [0.25, 0.3) is 0 Å². The third-order valence-corrected chi connectivity index (χ3v) is 4.09. The van der Waals surface area contributed by atoms with Crippen molar-refractivity contribution < 1.29 is 4.74 Å². The monoisotopic (exact) mass is 282 g/mol. The van der Waals surface area contributed by atoms with Crippen LogP contribution in [0.25, 0.3) is 0 Å². The summed E-state index contributed by atoms with van der Waals surface area (Å²) in [6.45, 7) is 5.92. The van der Waals surface area contributed by atoms with Gasteiger partial charge in [-0.25, -0.2) is 4.98 Å². The first-order chi connectivity index (χ1) is 9.15. The number of hydrogen-bond donors (Lipinski definition) is 0. The number of aromatic nitrogens is 1. The van der Waals surface area contributed by atoms with Crippen molar-refractivity contribution in [2.75, 3.05) is 25.2 Å². The van der Waals surface area contributed by atoms with Gasteiger partial charge in [0.15, 0.2) is 0 Å². The van der Waals surface area contributed by atoms with Crippen molar-refractivity contribution in [1.82, 2.24) is 4.98 Å². The molecule has 3 nitrogen and oxygen atoms in total. The van der Waals surface area contributed by atoms with Gasteiger partial charge in [-0.2, -0.15) is 0 Å². The summed E-state index contributed by atoms with van der Waals surface area (Å²) in [5.74, 6) is 2.37. The number of hydrogen-bond acceptors (Lipinski definition) is 3. The van der Waals surface area contributed by atoms with Crippen molar-refractivity contribution in [1.29, 1.82) is 0 Å². The number of rotatable bonds is 7. The maximum Gasteiger partial charge on any atom is 0.129 e. The first-order valence-corrected chi connectivity index (χ1v) is 7.48. The van der Waals surface area contributed by atoms with E-state index in [1.54, 1.807) is 7.11 Å². The molecule has 0 aliphatic heterocycles. The largest absolute Gasteiger partial charge is 0.383 e. The number of aryl methyl sites for hydroxylation is 1. The van der Waals surface area contributed by atoms with Crippen LogP contribution in [0.4, 0.5) is 5.82 Å². The lowest BCUT2D eigenvalue weighted by Gasteiger charge is -2.31. The van der Waals surface area contributed by atoms with Crippen LogP contribution < -0.4 is 4.90 Å². The number of anilines is 1. The number of ether oxygens (including phenoxy) is 1. The number of nitrogens with zero attached hydrogens (tertiary/aromatic N) is 2. The van der Waals surface area contributed by atoms with Crippen LogP contribution in [0.15, 0.2) is 12.1 Å². The molecule has 0 spiro atoms. The molecule has 1 fully saturated rings. The lowest BCUT2D eigenvalue weighted by Crippen LogP contribution is -2.38. The summed E-state index contributed by atoms with van der Waals surface area (Å²) in [5.41, 5.74) is 2.16. The van der Waals surface area contributed by atoms with E-state index in [4.69, 9.17) is 16.3 Å². The molecular weight excluding hydrogens is 260 g/mol. The Hall–Kier alpha value is -0.800. The van der Waals surface area contributed by atoms with Crippen LogP contribution in [0.3, 0.4) is 0 Å². The van der Waals surface area contributed by atoms with Crippen molar-refractivity contribution in [3.63, 3.8) is 0 Å². The molecule has 1 heterocycles. The molecule has 1 aromatic heterocycles. The molecule has 1 aliphatic carbocycles. The van der Waals surface area contributed by atoms with Crippen LogP contribution in [0, 0.1) is 12.8 Å². The molecule has 4 heteroatoms. The molecule has 0 saturated heterocycles. The maximum absolute atomic E-state index is 5.96. The first-order valence-electron chi connectivity index (χ1n) is 6.94.